The smallest absolute Gasteiger partial charge is 0.269 e. The van der Waals surface area contributed by atoms with Crippen molar-refractivity contribution >= 4 is 23.2 Å². The van der Waals surface area contributed by atoms with Gasteiger partial charge in [0.1, 0.15) is 0 Å². The van der Waals surface area contributed by atoms with Crippen molar-refractivity contribution in [2.24, 2.45) is 5.73 Å². The number of carbonyl (C=O) groups is 1. The summed E-state index contributed by atoms with van der Waals surface area (Å²) in [6.07, 6.45) is 0.239. The number of nitrogens with zero attached hydrogens (tertiary/aromatic N) is 2. The standard InChI is InChI=1S/C11H14ClN3O3/c1-14(11(16)4-5-13)7-8-6-9(15(17)18)2-3-10(8)12/h2-3,6H,4-5,7,13H2,1H3. The first-order valence-corrected chi connectivity index (χ1v) is 5.70. The van der Waals surface area contributed by atoms with E-state index in [0.29, 0.717) is 10.6 Å². The first-order chi connectivity index (χ1) is 8.45. The average Bonchev–Trinajstić information content (AvgIpc) is 2.31. The molecule has 98 valence electrons. The van der Waals surface area contributed by atoms with Crippen LogP contribution in [0, 0.1) is 10.1 Å². The van der Waals surface area contributed by atoms with Crippen LogP contribution >= 0.6 is 11.6 Å². The van der Waals surface area contributed by atoms with Crippen LogP contribution in [0.25, 0.3) is 0 Å². The number of amides is 1. The predicted molar refractivity (Wildman–Crippen MR) is 68.3 cm³/mol. The van der Waals surface area contributed by atoms with Crippen LogP contribution in [0.1, 0.15) is 12.0 Å². The van der Waals surface area contributed by atoms with E-state index >= 15 is 0 Å². The van der Waals surface area contributed by atoms with Crippen molar-refractivity contribution in [1.29, 1.82) is 0 Å². The monoisotopic (exact) mass is 271 g/mol. The van der Waals surface area contributed by atoms with Crippen LogP contribution in [0.15, 0.2) is 18.2 Å². The van der Waals surface area contributed by atoms with Gasteiger partial charge in [0, 0.05) is 43.7 Å². The Kier molecular flexibility index (Phi) is 5.06. The molecule has 0 fully saturated rings. The molecule has 0 radical (unpaired) electrons. The van der Waals surface area contributed by atoms with E-state index in [4.69, 9.17) is 17.3 Å². The lowest BCUT2D eigenvalue weighted by molar-refractivity contribution is -0.384. The van der Waals surface area contributed by atoms with Gasteiger partial charge in [0.05, 0.1) is 4.92 Å². The van der Waals surface area contributed by atoms with Gasteiger partial charge >= 0.3 is 0 Å². The Hall–Kier alpha value is -1.66. The van der Waals surface area contributed by atoms with Gasteiger partial charge in [-0.2, -0.15) is 0 Å². The highest BCUT2D eigenvalue weighted by atomic mass is 35.5. The van der Waals surface area contributed by atoms with Gasteiger partial charge in [-0.05, 0) is 11.6 Å². The van der Waals surface area contributed by atoms with Crippen molar-refractivity contribution in [3.8, 4) is 0 Å². The largest absolute Gasteiger partial charge is 0.341 e. The van der Waals surface area contributed by atoms with E-state index in [1.54, 1.807) is 7.05 Å². The SMILES string of the molecule is CN(Cc1cc([N+](=O)[O-])ccc1Cl)C(=O)CCN. The third kappa shape index (κ3) is 3.68. The zero-order chi connectivity index (χ0) is 13.7. The van der Waals surface area contributed by atoms with Gasteiger partial charge in [-0.1, -0.05) is 11.6 Å². The summed E-state index contributed by atoms with van der Waals surface area (Å²) in [6.45, 7) is 0.491. The van der Waals surface area contributed by atoms with Gasteiger partial charge in [-0.15, -0.1) is 0 Å². The number of rotatable bonds is 5. The summed E-state index contributed by atoms with van der Waals surface area (Å²) >= 11 is 5.94. The van der Waals surface area contributed by atoms with Crippen LogP contribution < -0.4 is 5.73 Å². The van der Waals surface area contributed by atoms with Crippen LogP contribution in [0.3, 0.4) is 0 Å². The number of nitro benzene ring substituents is 1. The van der Waals surface area contributed by atoms with Gasteiger partial charge in [0.15, 0.2) is 0 Å². The van der Waals surface area contributed by atoms with Crippen molar-refractivity contribution < 1.29 is 9.72 Å². The first kappa shape index (κ1) is 14.4. The molecule has 0 spiro atoms. The number of non-ortho nitro benzene ring substituents is 1. The number of nitro groups is 1. The molecule has 0 heterocycles. The minimum atomic E-state index is -0.498. The van der Waals surface area contributed by atoms with Gasteiger partial charge in [-0.25, -0.2) is 0 Å². The van der Waals surface area contributed by atoms with Gasteiger partial charge in [0.2, 0.25) is 5.91 Å². The van der Waals surface area contributed by atoms with E-state index < -0.39 is 4.92 Å². The molecular formula is C11H14ClN3O3. The number of halogens is 1. The summed E-state index contributed by atoms with van der Waals surface area (Å²) in [4.78, 5) is 23.1. The molecule has 0 aliphatic heterocycles. The molecule has 1 aromatic carbocycles. The predicted octanol–water partition coefficient (Wildman–Crippen LogP) is 1.56. The summed E-state index contributed by atoms with van der Waals surface area (Å²) in [7, 11) is 1.60. The second-order valence-electron chi connectivity index (χ2n) is 3.82. The Balaban J connectivity index is 2.86. The summed E-state index contributed by atoms with van der Waals surface area (Å²) in [6, 6.07) is 4.15. The molecule has 0 bridgehead atoms. The molecular weight excluding hydrogens is 258 g/mol. The molecule has 1 aromatic rings. The Morgan fingerprint density at radius 3 is 2.78 bits per heavy atom. The van der Waals surface area contributed by atoms with Crippen LogP contribution in [0.2, 0.25) is 5.02 Å². The molecule has 0 aromatic heterocycles. The van der Waals surface area contributed by atoms with E-state index in [-0.39, 0.29) is 31.1 Å². The number of benzene rings is 1. The van der Waals surface area contributed by atoms with E-state index in [9.17, 15) is 14.9 Å². The van der Waals surface area contributed by atoms with Crippen molar-refractivity contribution in [3.63, 3.8) is 0 Å². The number of carbonyl (C=O) groups excluding carboxylic acids is 1. The highest BCUT2D eigenvalue weighted by Crippen LogP contribution is 2.23. The fourth-order valence-corrected chi connectivity index (χ4v) is 1.63. The van der Waals surface area contributed by atoms with Crippen LogP contribution in [-0.2, 0) is 11.3 Å². The molecule has 1 rings (SSSR count). The van der Waals surface area contributed by atoms with E-state index in [1.807, 2.05) is 0 Å². The van der Waals surface area contributed by atoms with Crippen LogP contribution in [0.4, 0.5) is 5.69 Å². The highest BCUT2D eigenvalue weighted by molar-refractivity contribution is 6.31. The van der Waals surface area contributed by atoms with E-state index in [0.717, 1.165) is 0 Å². The molecule has 0 aliphatic carbocycles. The number of hydrogen-bond acceptors (Lipinski definition) is 4. The zero-order valence-electron chi connectivity index (χ0n) is 9.93. The molecule has 0 unspecified atom stereocenters. The third-order valence-electron chi connectivity index (χ3n) is 2.43. The lowest BCUT2D eigenvalue weighted by Crippen LogP contribution is -2.28. The quantitative estimate of drug-likeness (QED) is 0.650. The lowest BCUT2D eigenvalue weighted by atomic mass is 10.2. The molecule has 7 heteroatoms. The summed E-state index contributed by atoms with van der Waals surface area (Å²) in [5.41, 5.74) is 5.78. The molecule has 0 saturated heterocycles. The van der Waals surface area contributed by atoms with E-state index in [1.165, 1.54) is 23.1 Å². The summed E-state index contributed by atoms with van der Waals surface area (Å²) in [5.74, 6) is -0.125. The second kappa shape index (κ2) is 6.32. The summed E-state index contributed by atoms with van der Waals surface area (Å²) < 4.78 is 0. The highest BCUT2D eigenvalue weighted by Gasteiger charge is 2.14. The minimum Gasteiger partial charge on any atom is -0.341 e. The zero-order valence-corrected chi connectivity index (χ0v) is 10.7. The average molecular weight is 272 g/mol. The molecule has 6 nitrogen and oxygen atoms in total. The maximum atomic E-state index is 11.5. The number of hydrogen-bond donors (Lipinski definition) is 1. The van der Waals surface area contributed by atoms with Crippen molar-refractivity contribution in [2.75, 3.05) is 13.6 Å². The van der Waals surface area contributed by atoms with Crippen molar-refractivity contribution in [3.05, 3.63) is 38.9 Å². The fraction of sp³-hybridized carbons (Fsp3) is 0.364. The first-order valence-electron chi connectivity index (χ1n) is 5.32. The van der Waals surface area contributed by atoms with Crippen molar-refractivity contribution in [2.45, 2.75) is 13.0 Å². The Morgan fingerprint density at radius 2 is 2.22 bits per heavy atom. The fourth-order valence-electron chi connectivity index (χ4n) is 1.45. The molecule has 0 aliphatic rings. The van der Waals surface area contributed by atoms with Gasteiger partial charge < -0.3 is 10.6 Å². The van der Waals surface area contributed by atoms with Crippen LogP contribution in [-0.4, -0.2) is 29.3 Å². The normalized spacial score (nSPS) is 10.2. The molecule has 2 N–H and O–H groups in total. The minimum absolute atomic E-state index is 0.0472. The Labute approximate surface area is 109 Å². The van der Waals surface area contributed by atoms with Crippen LogP contribution in [0.5, 0.6) is 0 Å². The molecule has 1 amide bonds. The number of nitrogens with two attached hydrogens (primary N) is 1. The molecule has 0 saturated carbocycles. The summed E-state index contributed by atoms with van der Waals surface area (Å²) in [5, 5.41) is 11.0. The van der Waals surface area contributed by atoms with E-state index in [2.05, 4.69) is 0 Å². The van der Waals surface area contributed by atoms with Gasteiger partial charge in [-0.3, -0.25) is 14.9 Å². The second-order valence-corrected chi connectivity index (χ2v) is 4.23. The van der Waals surface area contributed by atoms with Gasteiger partial charge in [0.25, 0.3) is 5.69 Å². The van der Waals surface area contributed by atoms with Crippen molar-refractivity contribution in [1.82, 2.24) is 4.90 Å². The topological polar surface area (TPSA) is 89.5 Å². The molecule has 18 heavy (non-hydrogen) atoms. The third-order valence-corrected chi connectivity index (χ3v) is 2.80. The Bertz CT molecular complexity index is 465. The lowest BCUT2D eigenvalue weighted by Gasteiger charge is -2.17. The Morgan fingerprint density at radius 1 is 1.56 bits per heavy atom. The molecule has 0 atom stereocenters. The maximum Gasteiger partial charge on any atom is 0.269 e. The maximum absolute atomic E-state index is 11.5.